The van der Waals surface area contributed by atoms with E-state index in [2.05, 4.69) is 49.1 Å². The fourth-order valence-corrected chi connectivity index (χ4v) is 2.04. The molecule has 0 atom stereocenters. The van der Waals surface area contributed by atoms with Crippen LogP contribution in [0.25, 0.3) is 0 Å². The number of rotatable bonds is 7. The average molecular weight is 276 g/mol. The molecule has 1 heterocycles. The van der Waals surface area contributed by atoms with Crippen LogP contribution in [0, 0.1) is 6.92 Å². The van der Waals surface area contributed by atoms with Gasteiger partial charge in [0.15, 0.2) is 5.96 Å². The molecule has 0 bridgehead atoms. The van der Waals surface area contributed by atoms with Crippen LogP contribution < -0.4 is 5.32 Å². The van der Waals surface area contributed by atoms with E-state index in [0.29, 0.717) is 0 Å². The van der Waals surface area contributed by atoms with Crippen LogP contribution in [0.1, 0.15) is 37.8 Å². The van der Waals surface area contributed by atoms with Crippen LogP contribution >= 0.6 is 0 Å². The van der Waals surface area contributed by atoms with E-state index in [1.807, 2.05) is 12.4 Å². The van der Waals surface area contributed by atoms with E-state index in [-0.39, 0.29) is 0 Å². The van der Waals surface area contributed by atoms with E-state index >= 15 is 0 Å². The number of aromatic nitrogens is 1. The highest BCUT2D eigenvalue weighted by atomic mass is 15.3. The summed E-state index contributed by atoms with van der Waals surface area (Å²) in [6, 6.07) is 2.08. The van der Waals surface area contributed by atoms with Crippen LogP contribution in [-0.4, -0.2) is 42.5 Å². The summed E-state index contributed by atoms with van der Waals surface area (Å²) in [5.41, 5.74) is 2.57. The first-order valence-corrected chi connectivity index (χ1v) is 7.58. The van der Waals surface area contributed by atoms with Crippen molar-refractivity contribution >= 4 is 5.96 Å². The second kappa shape index (κ2) is 9.34. The first-order valence-electron chi connectivity index (χ1n) is 7.58. The third-order valence-corrected chi connectivity index (χ3v) is 3.32. The molecule has 0 saturated heterocycles. The minimum Gasteiger partial charge on any atom is -0.357 e. The molecule has 0 saturated carbocycles. The van der Waals surface area contributed by atoms with E-state index in [1.54, 1.807) is 0 Å². The van der Waals surface area contributed by atoms with E-state index in [1.165, 1.54) is 24.0 Å². The first kappa shape index (κ1) is 16.5. The minimum atomic E-state index is 0.809. The quantitative estimate of drug-likeness (QED) is 0.615. The van der Waals surface area contributed by atoms with Crippen molar-refractivity contribution in [2.24, 2.45) is 4.99 Å². The van der Waals surface area contributed by atoms with Gasteiger partial charge in [-0.25, -0.2) is 0 Å². The molecule has 0 aromatic carbocycles. The molecular formula is C16H28N4. The number of aliphatic imine (C=N–C) groups is 1. The summed E-state index contributed by atoms with van der Waals surface area (Å²) in [6.45, 7) is 9.19. The van der Waals surface area contributed by atoms with Gasteiger partial charge in [-0.3, -0.25) is 9.98 Å². The van der Waals surface area contributed by atoms with Gasteiger partial charge in [-0.1, -0.05) is 13.3 Å². The topological polar surface area (TPSA) is 40.5 Å². The van der Waals surface area contributed by atoms with Gasteiger partial charge in [0.05, 0.1) is 0 Å². The third kappa shape index (κ3) is 5.59. The molecule has 112 valence electrons. The number of aryl methyl sites for hydroxylation is 1. The molecule has 0 radical (unpaired) electrons. The molecule has 1 N–H and O–H groups in total. The Bertz CT molecular complexity index is 415. The molecule has 1 rings (SSSR count). The van der Waals surface area contributed by atoms with Crippen molar-refractivity contribution in [1.82, 2.24) is 15.2 Å². The fourth-order valence-electron chi connectivity index (χ4n) is 2.04. The smallest absolute Gasteiger partial charge is 0.193 e. The van der Waals surface area contributed by atoms with Crippen LogP contribution in [0.15, 0.2) is 23.5 Å². The number of unbranched alkanes of at least 4 members (excludes halogenated alkanes) is 1. The molecule has 0 unspecified atom stereocenters. The number of guanidine groups is 1. The van der Waals surface area contributed by atoms with Crippen LogP contribution in [0.5, 0.6) is 0 Å². The summed E-state index contributed by atoms with van der Waals surface area (Å²) < 4.78 is 0. The minimum absolute atomic E-state index is 0.809. The van der Waals surface area contributed by atoms with Crippen molar-refractivity contribution in [2.45, 2.75) is 40.0 Å². The molecule has 4 nitrogen and oxygen atoms in total. The normalized spacial score (nSPS) is 11.5. The summed E-state index contributed by atoms with van der Waals surface area (Å²) >= 11 is 0. The summed E-state index contributed by atoms with van der Waals surface area (Å²) in [6.07, 6.45) is 7.14. The van der Waals surface area contributed by atoms with E-state index < -0.39 is 0 Å². The zero-order chi connectivity index (χ0) is 14.8. The van der Waals surface area contributed by atoms with Crippen LogP contribution in [0.4, 0.5) is 0 Å². The number of hydrogen-bond acceptors (Lipinski definition) is 2. The van der Waals surface area contributed by atoms with Gasteiger partial charge in [-0.2, -0.15) is 0 Å². The maximum Gasteiger partial charge on any atom is 0.193 e. The van der Waals surface area contributed by atoms with Crippen LogP contribution in [0.3, 0.4) is 0 Å². The summed E-state index contributed by atoms with van der Waals surface area (Å²) in [4.78, 5) is 11.1. The van der Waals surface area contributed by atoms with Gasteiger partial charge >= 0.3 is 0 Å². The lowest BCUT2D eigenvalue weighted by Gasteiger charge is -2.21. The van der Waals surface area contributed by atoms with Gasteiger partial charge in [0, 0.05) is 39.1 Å². The molecule has 0 spiro atoms. The van der Waals surface area contributed by atoms with Crippen molar-refractivity contribution in [3.05, 3.63) is 29.6 Å². The maximum atomic E-state index is 4.71. The van der Waals surface area contributed by atoms with Crippen LogP contribution in [-0.2, 0) is 6.42 Å². The van der Waals surface area contributed by atoms with Gasteiger partial charge in [-0.05, 0) is 43.9 Å². The van der Waals surface area contributed by atoms with Gasteiger partial charge in [0.25, 0.3) is 0 Å². The van der Waals surface area contributed by atoms with Crippen molar-refractivity contribution < 1.29 is 0 Å². The second-order valence-electron chi connectivity index (χ2n) is 5.06. The van der Waals surface area contributed by atoms with Crippen molar-refractivity contribution in [2.75, 3.05) is 26.7 Å². The Morgan fingerprint density at radius 1 is 1.40 bits per heavy atom. The Labute approximate surface area is 123 Å². The monoisotopic (exact) mass is 276 g/mol. The molecule has 0 aliphatic heterocycles. The Balaban J connectivity index is 2.56. The van der Waals surface area contributed by atoms with Gasteiger partial charge in [-0.15, -0.1) is 0 Å². The lowest BCUT2D eigenvalue weighted by atomic mass is 10.1. The van der Waals surface area contributed by atoms with Gasteiger partial charge < -0.3 is 10.2 Å². The third-order valence-electron chi connectivity index (χ3n) is 3.32. The highest BCUT2D eigenvalue weighted by Gasteiger charge is 2.04. The Morgan fingerprint density at radius 2 is 2.20 bits per heavy atom. The Kier molecular flexibility index (Phi) is 7.70. The molecule has 20 heavy (non-hydrogen) atoms. The molecule has 1 aromatic rings. The molecule has 0 aliphatic rings. The highest BCUT2D eigenvalue weighted by molar-refractivity contribution is 5.79. The predicted octanol–water partition coefficient (Wildman–Crippen LogP) is 2.63. The largest absolute Gasteiger partial charge is 0.357 e. The van der Waals surface area contributed by atoms with Crippen molar-refractivity contribution in [3.63, 3.8) is 0 Å². The van der Waals surface area contributed by atoms with E-state index in [4.69, 9.17) is 4.99 Å². The SMILES string of the molecule is CCCCN(C)C(=NCCc1ccncc1C)NCC. The summed E-state index contributed by atoms with van der Waals surface area (Å²) in [7, 11) is 2.11. The van der Waals surface area contributed by atoms with E-state index in [0.717, 1.165) is 32.0 Å². The Morgan fingerprint density at radius 3 is 2.85 bits per heavy atom. The number of nitrogens with zero attached hydrogens (tertiary/aromatic N) is 3. The zero-order valence-electron chi connectivity index (χ0n) is 13.3. The van der Waals surface area contributed by atoms with Crippen molar-refractivity contribution in [1.29, 1.82) is 0 Å². The number of hydrogen-bond donors (Lipinski definition) is 1. The fraction of sp³-hybridized carbons (Fsp3) is 0.625. The predicted molar refractivity (Wildman–Crippen MR) is 86.2 cm³/mol. The van der Waals surface area contributed by atoms with Crippen LogP contribution in [0.2, 0.25) is 0 Å². The molecular weight excluding hydrogens is 248 g/mol. The second-order valence-corrected chi connectivity index (χ2v) is 5.06. The zero-order valence-corrected chi connectivity index (χ0v) is 13.3. The van der Waals surface area contributed by atoms with Gasteiger partial charge in [0.2, 0.25) is 0 Å². The molecule has 0 aliphatic carbocycles. The molecule has 1 aromatic heterocycles. The standard InChI is InChI=1S/C16H28N4/c1-5-7-12-20(4)16(18-6-2)19-11-9-15-8-10-17-13-14(15)3/h8,10,13H,5-7,9,11-12H2,1-4H3,(H,18,19). The summed E-state index contributed by atoms with van der Waals surface area (Å²) in [5.74, 6) is 1.01. The number of pyridine rings is 1. The Hall–Kier alpha value is -1.58. The first-order chi connectivity index (χ1) is 9.69. The van der Waals surface area contributed by atoms with Crippen molar-refractivity contribution in [3.8, 4) is 0 Å². The molecule has 0 fully saturated rings. The maximum absolute atomic E-state index is 4.71. The number of nitrogens with one attached hydrogen (secondary N) is 1. The summed E-state index contributed by atoms with van der Waals surface area (Å²) in [5, 5.41) is 3.36. The van der Waals surface area contributed by atoms with Gasteiger partial charge in [0.1, 0.15) is 0 Å². The molecule has 0 amide bonds. The molecule has 4 heteroatoms. The average Bonchev–Trinajstić information content (AvgIpc) is 2.45. The lowest BCUT2D eigenvalue weighted by molar-refractivity contribution is 0.465. The lowest BCUT2D eigenvalue weighted by Crippen LogP contribution is -2.39. The van der Waals surface area contributed by atoms with E-state index in [9.17, 15) is 0 Å². The highest BCUT2D eigenvalue weighted by Crippen LogP contribution is 2.06.